The molecule has 2 rings (SSSR count). The number of hydrogen-bond donors (Lipinski definition) is 0. The molecule has 0 aliphatic heterocycles. The van der Waals surface area contributed by atoms with Crippen LogP contribution in [-0.2, 0) is 30.7 Å². The third-order valence-electron chi connectivity index (χ3n) is 2.08. The number of hydrogen-bond acceptors (Lipinski definition) is 6. The average Bonchev–Trinajstić information content (AvgIpc) is 2.56. The average molecular weight is 607 g/mol. The molecule has 13 heteroatoms. The van der Waals surface area contributed by atoms with Gasteiger partial charge in [0.15, 0.2) is 0 Å². The monoisotopic (exact) mass is 607 g/mol. The van der Waals surface area contributed by atoms with Crippen molar-refractivity contribution in [1.82, 2.24) is 9.97 Å². The van der Waals surface area contributed by atoms with Gasteiger partial charge < -0.3 is 19.8 Å². The van der Waals surface area contributed by atoms with Gasteiger partial charge in [-0.05, 0) is 37.1 Å². The maximum absolute atomic E-state index is 10.5. The van der Waals surface area contributed by atoms with E-state index < -0.39 is 24.3 Å². The molecule has 164 valence electrons. The Hall–Kier alpha value is -2.49. The minimum Gasteiger partial charge on any atom is -0.542 e. The number of aromatic nitrogens is 2. The number of carboxylic acids is 2. The van der Waals surface area contributed by atoms with Crippen molar-refractivity contribution in [3.05, 3.63) is 60.2 Å². The minimum atomic E-state index is -5.19. The first-order chi connectivity index (χ1) is 12.7. The smallest absolute Gasteiger partial charge is 0.542 e. The number of nitrogens with zero attached hydrogens (tertiary/aromatic N) is 2. The zero-order chi connectivity index (χ0) is 22.4. The first-order valence-electron chi connectivity index (χ1n) is 6.97. The van der Waals surface area contributed by atoms with Crippen LogP contribution >= 0.6 is 0 Å². The van der Waals surface area contributed by atoms with Gasteiger partial charge in [-0.25, -0.2) is 0 Å². The van der Waals surface area contributed by atoms with E-state index in [1.807, 2.05) is 50.5 Å². The maximum Gasteiger partial charge on any atom is 2.00 e. The number of carbonyl (C=O) groups excluding carboxylic acids is 2. The van der Waals surface area contributed by atoms with Gasteiger partial charge in [0.1, 0.15) is 11.9 Å². The van der Waals surface area contributed by atoms with Gasteiger partial charge in [-0.15, -0.1) is 0 Å². The van der Waals surface area contributed by atoms with E-state index in [2.05, 4.69) is 9.97 Å². The molecule has 2 heterocycles. The van der Waals surface area contributed by atoms with E-state index in [0.717, 1.165) is 0 Å². The molecule has 0 saturated heterocycles. The number of alkyl halides is 6. The Kier molecular flexibility index (Phi) is 16.6. The summed E-state index contributed by atoms with van der Waals surface area (Å²) >= 11 is 0. The first-order valence-corrected chi connectivity index (χ1v) is 6.97. The van der Waals surface area contributed by atoms with Crippen molar-refractivity contribution in [2.24, 2.45) is 0 Å². The number of rotatable bonds is 0. The number of aliphatic carboxylic acids is 2. The van der Waals surface area contributed by atoms with E-state index in [-0.39, 0.29) is 21.1 Å². The Morgan fingerprint density at radius 2 is 1.00 bits per heavy atom. The van der Waals surface area contributed by atoms with Crippen LogP contribution in [-0.4, -0.2) is 34.3 Å². The molecule has 0 N–H and O–H groups in total. The van der Waals surface area contributed by atoms with Crippen molar-refractivity contribution >= 4 is 11.9 Å². The third kappa shape index (κ3) is 21.7. The fourth-order valence-electron chi connectivity index (χ4n) is 0.896. The van der Waals surface area contributed by atoms with Gasteiger partial charge in [0.25, 0.3) is 0 Å². The summed E-state index contributed by atoms with van der Waals surface area (Å²) in [6, 6.07) is 7.89. The van der Waals surface area contributed by atoms with Crippen LogP contribution < -0.4 is 10.2 Å². The van der Waals surface area contributed by atoms with E-state index in [9.17, 15) is 26.3 Å². The summed E-state index contributed by atoms with van der Waals surface area (Å²) < 4.78 is 63.1. The fraction of sp³-hybridized carbons (Fsp3) is 0.250. The Morgan fingerprint density at radius 3 is 1.07 bits per heavy atom. The number of halogens is 6. The Bertz CT molecular complexity index is 637. The van der Waals surface area contributed by atoms with Gasteiger partial charge in [0, 0.05) is 24.8 Å². The summed E-state index contributed by atoms with van der Waals surface area (Å²) in [5.41, 5.74) is 2.42. The standard InChI is InChI=1S/2C6H7N.2C2HF3O2.Pt/c2*1-6-3-2-4-7-5-6;2*3-2(4,5)1(6)7;/h2*2-5H,1H3;2*(H,6,7);/q;;;;+2/p-2. The quantitative estimate of drug-likeness (QED) is 0.420. The molecule has 0 atom stereocenters. The molecule has 6 nitrogen and oxygen atoms in total. The van der Waals surface area contributed by atoms with Crippen LogP contribution in [0.2, 0.25) is 0 Å². The van der Waals surface area contributed by atoms with Crippen molar-refractivity contribution in [3.63, 3.8) is 0 Å². The van der Waals surface area contributed by atoms with Crippen LogP contribution in [0.4, 0.5) is 26.3 Å². The van der Waals surface area contributed by atoms with Gasteiger partial charge in [-0.2, -0.15) is 26.3 Å². The molecule has 0 spiro atoms. The van der Waals surface area contributed by atoms with Gasteiger partial charge in [0.2, 0.25) is 0 Å². The van der Waals surface area contributed by atoms with Crippen molar-refractivity contribution in [1.29, 1.82) is 0 Å². The molecular weight excluding hydrogens is 593 g/mol. The van der Waals surface area contributed by atoms with Gasteiger partial charge in [-0.3, -0.25) is 9.97 Å². The van der Waals surface area contributed by atoms with Gasteiger partial charge in [-0.1, -0.05) is 12.1 Å². The maximum atomic E-state index is 10.5. The minimum absolute atomic E-state index is 0. The van der Waals surface area contributed by atoms with E-state index in [1.54, 1.807) is 12.4 Å². The van der Waals surface area contributed by atoms with E-state index in [0.29, 0.717) is 0 Å². The van der Waals surface area contributed by atoms with Crippen molar-refractivity contribution in [2.45, 2.75) is 26.2 Å². The second kappa shape index (κ2) is 15.4. The van der Waals surface area contributed by atoms with Crippen molar-refractivity contribution < 1.29 is 67.2 Å². The van der Waals surface area contributed by atoms with E-state index >= 15 is 0 Å². The molecule has 0 aliphatic rings. The molecule has 0 unspecified atom stereocenters. The first kappa shape index (κ1) is 31.2. The second-order valence-electron chi connectivity index (χ2n) is 4.63. The molecule has 29 heavy (non-hydrogen) atoms. The number of pyridine rings is 2. The summed E-state index contributed by atoms with van der Waals surface area (Å²) in [6.45, 7) is 4.04. The SMILES string of the molecule is Cc1cccnc1.Cc1cccnc1.O=C([O-])C(F)(F)F.O=C([O-])C(F)(F)F.[Pt+2]. The summed E-state index contributed by atoms with van der Waals surface area (Å²) in [4.78, 5) is 25.3. The van der Waals surface area contributed by atoms with Crippen LogP contribution in [0.1, 0.15) is 11.1 Å². The van der Waals surface area contributed by atoms with Crippen LogP contribution in [0.15, 0.2) is 49.1 Å². The molecular formula is C16H14F6N2O4Pt. The molecule has 0 aliphatic carbocycles. The number of carbonyl (C=O) groups is 2. The molecule has 0 aromatic carbocycles. The fourth-order valence-corrected chi connectivity index (χ4v) is 0.896. The zero-order valence-corrected chi connectivity index (χ0v) is 17.0. The van der Waals surface area contributed by atoms with Crippen molar-refractivity contribution in [2.75, 3.05) is 0 Å². The normalized spacial score (nSPS) is 9.66. The van der Waals surface area contributed by atoms with Crippen LogP contribution in [0.25, 0.3) is 0 Å². The number of aryl methyl sites for hydroxylation is 2. The zero-order valence-electron chi connectivity index (χ0n) is 14.7. The summed E-state index contributed by atoms with van der Waals surface area (Å²) in [6.07, 6.45) is -3.18. The topological polar surface area (TPSA) is 106 Å². The molecule has 0 amide bonds. The number of carboxylic acid groups (broad SMARTS) is 2. The predicted molar refractivity (Wildman–Crippen MR) is 80.1 cm³/mol. The molecule has 0 bridgehead atoms. The molecule has 0 saturated carbocycles. The summed E-state index contributed by atoms with van der Waals surface area (Å²) in [5, 5.41) is 17.6. The molecule has 0 fully saturated rings. The molecule has 2 aromatic rings. The van der Waals surface area contributed by atoms with Crippen LogP contribution in [0.5, 0.6) is 0 Å². The van der Waals surface area contributed by atoms with Crippen LogP contribution in [0, 0.1) is 13.8 Å². The summed E-state index contributed by atoms with van der Waals surface area (Å²) in [5.74, 6) is -6.01. The van der Waals surface area contributed by atoms with Crippen LogP contribution in [0.3, 0.4) is 0 Å². The van der Waals surface area contributed by atoms with E-state index in [4.69, 9.17) is 19.8 Å². The predicted octanol–water partition coefficient (Wildman–Crippen LogP) is 1.37. The van der Waals surface area contributed by atoms with E-state index in [1.165, 1.54) is 11.1 Å². The largest absolute Gasteiger partial charge is 2.00 e. The Balaban J connectivity index is -0.000000307. The second-order valence-corrected chi connectivity index (χ2v) is 4.63. The van der Waals surface area contributed by atoms with Gasteiger partial charge in [0.05, 0.1) is 0 Å². The third-order valence-corrected chi connectivity index (χ3v) is 2.08. The molecule has 2 aromatic heterocycles. The van der Waals surface area contributed by atoms with Crippen molar-refractivity contribution in [3.8, 4) is 0 Å². The van der Waals surface area contributed by atoms with Gasteiger partial charge >= 0.3 is 33.4 Å². The Labute approximate surface area is 175 Å². The Morgan fingerprint density at radius 1 is 0.759 bits per heavy atom. The summed E-state index contributed by atoms with van der Waals surface area (Å²) in [7, 11) is 0. The molecule has 0 radical (unpaired) electrons.